The van der Waals surface area contributed by atoms with Gasteiger partial charge in [0.25, 0.3) is 0 Å². The third-order valence-electron chi connectivity index (χ3n) is 5.44. The van der Waals surface area contributed by atoms with Gasteiger partial charge in [-0.3, -0.25) is 4.90 Å². The van der Waals surface area contributed by atoms with E-state index in [1.165, 1.54) is 58.2 Å². The summed E-state index contributed by atoms with van der Waals surface area (Å²) in [5, 5.41) is 0. The summed E-state index contributed by atoms with van der Waals surface area (Å²) in [6, 6.07) is 4.26. The highest BCUT2D eigenvalue weighted by atomic mass is 16.5. The van der Waals surface area contributed by atoms with Crippen LogP contribution in [0, 0.1) is 0 Å². The molecule has 2 saturated heterocycles. The molecule has 3 rings (SSSR count). The SMILES string of the molecule is CCN(CCN1CCCCCC1)Cc1ccc(C2CCCCO2)o1. The van der Waals surface area contributed by atoms with E-state index in [4.69, 9.17) is 9.15 Å². The van der Waals surface area contributed by atoms with Gasteiger partial charge in [0.1, 0.15) is 17.6 Å². The molecule has 2 aliphatic rings. The zero-order valence-electron chi connectivity index (χ0n) is 15.3. The topological polar surface area (TPSA) is 28.9 Å². The fraction of sp³-hybridized carbons (Fsp3) is 0.800. The van der Waals surface area contributed by atoms with Gasteiger partial charge in [-0.1, -0.05) is 19.8 Å². The van der Waals surface area contributed by atoms with Crippen molar-refractivity contribution in [1.29, 1.82) is 0 Å². The highest BCUT2D eigenvalue weighted by Crippen LogP contribution is 2.29. The van der Waals surface area contributed by atoms with Gasteiger partial charge in [0.05, 0.1) is 6.54 Å². The molecule has 3 heterocycles. The molecule has 1 aromatic rings. The Morgan fingerprint density at radius 2 is 1.92 bits per heavy atom. The number of furan rings is 1. The molecule has 0 aliphatic carbocycles. The summed E-state index contributed by atoms with van der Waals surface area (Å²) in [6.45, 7) is 9.98. The van der Waals surface area contributed by atoms with E-state index in [0.717, 1.165) is 44.2 Å². The molecule has 4 heteroatoms. The first-order chi connectivity index (χ1) is 11.8. The van der Waals surface area contributed by atoms with Gasteiger partial charge in [0, 0.05) is 19.7 Å². The van der Waals surface area contributed by atoms with Crippen molar-refractivity contribution >= 4 is 0 Å². The lowest BCUT2D eigenvalue weighted by Gasteiger charge is -2.25. The minimum atomic E-state index is 0.180. The summed E-state index contributed by atoms with van der Waals surface area (Å²) in [4.78, 5) is 5.13. The molecule has 2 fully saturated rings. The van der Waals surface area contributed by atoms with E-state index in [9.17, 15) is 0 Å². The number of rotatable bonds is 7. The predicted octanol–water partition coefficient (Wildman–Crippen LogP) is 4.22. The van der Waals surface area contributed by atoms with Crippen molar-refractivity contribution in [3.05, 3.63) is 23.7 Å². The summed E-state index contributed by atoms with van der Waals surface area (Å²) in [5.41, 5.74) is 0. The fourth-order valence-corrected chi connectivity index (χ4v) is 3.83. The van der Waals surface area contributed by atoms with Crippen molar-refractivity contribution in [2.45, 2.75) is 64.5 Å². The smallest absolute Gasteiger partial charge is 0.133 e. The van der Waals surface area contributed by atoms with Gasteiger partial charge in [-0.15, -0.1) is 0 Å². The first kappa shape index (κ1) is 18.0. The maximum Gasteiger partial charge on any atom is 0.133 e. The van der Waals surface area contributed by atoms with E-state index < -0.39 is 0 Å². The van der Waals surface area contributed by atoms with Crippen LogP contribution in [0.15, 0.2) is 16.5 Å². The molecule has 1 unspecified atom stereocenters. The summed E-state index contributed by atoms with van der Waals surface area (Å²) in [5.74, 6) is 2.10. The Balaban J connectivity index is 1.46. The van der Waals surface area contributed by atoms with Gasteiger partial charge in [0.2, 0.25) is 0 Å². The lowest BCUT2D eigenvalue weighted by molar-refractivity contribution is 0.000841. The van der Waals surface area contributed by atoms with E-state index in [2.05, 4.69) is 28.9 Å². The highest BCUT2D eigenvalue weighted by Gasteiger charge is 2.20. The van der Waals surface area contributed by atoms with Gasteiger partial charge >= 0.3 is 0 Å². The van der Waals surface area contributed by atoms with Crippen LogP contribution in [0.1, 0.15) is 69.5 Å². The van der Waals surface area contributed by atoms with Crippen LogP contribution in [-0.4, -0.2) is 49.1 Å². The summed E-state index contributed by atoms with van der Waals surface area (Å²) in [6.07, 6.45) is 9.27. The zero-order chi connectivity index (χ0) is 16.6. The lowest BCUT2D eigenvalue weighted by atomic mass is 10.1. The average molecular weight is 335 g/mol. The quantitative estimate of drug-likeness (QED) is 0.746. The molecular weight excluding hydrogens is 300 g/mol. The molecule has 0 bridgehead atoms. The van der Waals surface area contributed by atoms with Crippen molar-refractivity contribution in [1.82, 2.24) is 9.80 Å². The van der Waals surface area contributed by atoms with Gasteiger partial charge in [-0.05, 0) is 63.9 Å². The minimum absolute atomic E-state index is 0.180. The van der Waals surface area contributed by atoms with Crippen LogP contribution in [0.5, 0.6) is 0 Å². The Bertz CT molecular complexity index is 460. The molecule has 0 aromatic carbocycles. The molecule has 0 amide bonds. The Morgan fingerprint density at radius 1 is 1.08 bits per heavy atom. The Morgan fingerprint density at radius 3 is 2.62 bits per heavy atom. The third-order valence-corrected chi connectivity index (χ3v) is 5.44. The highest BCUT2D eigenvalue weighted by molar-refractivity contribution is 5.10. The van der Waals surface area contributed by atoms with Gasteiger partial charge < -0.3 is 14.1 Å². The Hall–Kier alpha value is -0.840. The largest absolute Gasteiger partial charge is 0.462 e. The maximum atomic E-state index is 6.09. The molecule has 1 aromatic heterocycles. The van der Waals surface area contributed by atoms with E-state index in [0.29, 0.717) is 0 Å². The second-order valence-electron chi connectivity index (χ2n) is 7.28. The molecule has 0 radical (unpaired) electrons. The Labute approximate surface area is 147 Å². The van der Waals surface area contributed by atoms with Crippen molar-refractivity contribution in [2.24, 2.45) is 0 Å². The van der Waals surface area contributed by atoms with Crippen molar-refractivity contribution < 1.29 is 9.15 Å². The van der Waals surface area contributed by atoms with Crippen LogP contribution in [0.25, 0.3) is 0 Å². The number of hydrogen-bond donors (Lipinski definition) is 0. The van der Waals surface area contributed by atoms with E-state index in [1.807, 2.05) is 0 Å². The molecule has 0 spiro atoms. The molecule has 0 N–H and O–H groups in total. The van der Waals surface area contributed by atoms with Crippen LogP contribution >= 0.6 is 0 Å². The first-order valence-corrected chi connectivity index (χ1v) is 10.00. The number of hydrogen-bond acceptors (Lipinski definition) is 4. The molecule has 4 nitrogen and oxygen atoms in total. The molecular formula is C20H34N2O2. The zero-order valence-corrected chi connectivity index (χ0v) is 15.3. The van der Waals surface area contributed by atoms with Crippen LogP contribution in [0.4, 0.5) is 0 Å². The second kappa shape index (κ2) is 9.59. The summed E-state index contributed by atoms with van der Waals surface area (Å²) < 4.78 is 11.9. The predicted molar refractivity (Wildman–Crippen MR) is 97.1 cm³/mol. The lowest BCUT2D eigenvalue weighted by Crippen LogP contribution is -2.35. The van der Waals surface area contributed by atoms with Crippen molar-refractivity contribution in [3.8, 4) is 0 Å². The van der Waals surface area contributed by atoms with Crippen LogP contribution < -0.4 is 0 Å². The number of likely N-dealkylation sites (N-methyl/N-ethyl adjacent to an activating group) is 1. The van der Waals surface area contributed by atoms with Gasteiger partial charge in [0.15, 0.2) is 0 Å². The van der Waals surface area contributed by atoms with Crippen LogP contribution in [-0.2, 0) is 11.3 Å². The molecule has 1 atom stereocenters. The number of nitrogens with zero attached hydrogens (tertiary/aromatic N) is 2. The number of likely N-dealkylation sites (tertiary alicyclic amines) is 1. The second-order valence-corrected chi connectivity index (χ2v) is 7.28. The molecule has 24 heavy (non-hydrogen) atoms. The fourth-order valence-electron chi connectivity index (χ4n) is 3.83. The number of ether oxygens (including phenoxy) is 1. The third kappa shape index (κ3) is 5.33. The average Bonchev–Trinajstić information content (AvgIpc) is 2.94. The minimum Gasteiger partial charge on any atom is -0.462 e. The summed E-state index contributed by atoms with van der Waals surface area (Å²) in [7, 11) is 0. The molecule has 0 saturated carbocycles. The standard InChI is InChI=1S/C20H34N2O2/c1-2-21(14-15-22-12-6-3-4-7-13-22)17-18-10-11-20(24-18)19-9-5-8-16-23-19/h10-11,19H,2-9,12-17H2,1H3. The van der Waals surface area contributed by atoms with Gasteiger partial charge in [-0.25, -0.2) is 0 Å². The molecule has 136 valence electrons. The van der Waals surface area contributed by atoms with Crippen molar-refractivity contribution in [2.75, 3.05) is 39.3 Å². The van der Waals surface area contributed by atoms with E-state index in [-0.39, 0.29) is 6.10 Å². The first-order valence-electron chi connectivity index (χ1n) is 10.00. The normalized spacial score (nSPS) is 23.5. The van der Waals surface area contributed by atoms with Crippen molar-refractivity contribution in [3.63, 3.8) is 0 Å². The van der Waals surface area contributed by atoms with Crippen LogP contribution in [0.2, 0.25) is 0 Å². The summed E-state index contributed by atoms with van der Waals surface area (Å²) >= 11 is 0. The van der Waals surface area contributed by atoms with Crippen LogP contribution in [0.3, 0.4) is 0 Å². The molecule has 2 aliphatic heterocycles. The van der Waals surface area contributed by atoms with E-state index in [1.54, 1.807) is 0 Å². The van der Waals surface area contributed by atoms with Gasteiger partial charge in [-0.2, -0.15) is 0 Å². The maximum absolute atomic E-state index is 6.09. The monoisotopic (exact) mass is 334 g/mol. The Kier molecular flexibility index (Phi) is 7.18. The van der Waals surface area contributed by atoms with E-state index >= 15 is 0 Å².